The predicted octanol–water partition coefficient (Wildman–Crippen LogP) is 3.18. The van der Waals surface area contributed by atoms with Crippen molar-refractivity contribution >= 4 is 22.4 Å². The van der Waals surface area contributed by atoms with Crippen molar-refractivity contribution in [3.8, 4) is 22.8 Å². The number of nitrogens with zero attached hydrogens (tertiary/aromatic N) is 1. The molecule has 1 heterocycles. The zero-order valence-corrected chi connectivity index (χ0v) is 12.7. The van der Waals surface area contributed by atoms with E-state index in [-0.39, 0.29) is 11.8 Å². The molecule has 1 fully saturated rings. The van der Waals surface area contributed by atoms with E-state index < -0.39 is 0 Å². The van der Waals surface area contributed by atoms with Crippen LogP contribution in [0.25, 0.3) is 11.3 Å². The normalized spacial score (nSPS) is 13.8. The first-order valence-electron chi connectivity index (χ1n) is 6.70. The SMILES string of the molecule is COc1ccc(-c2csc(NC(=O)C3CC3)n2)cc1OC. The summed E-state index contributed by atoms with van der Waals surface area (Å²) < 4.78 is 10.5. The average Bonchev–Trinajstić information content (AvgIpc) is 3.27. The van der Waals surface area contributed by atoms with E-state index in [1.807, 2.05) is 23.6 Å². The fourth-order valence-corrected chi connectivity index (χ4v) is 2.73. The Morgan fingerprint density at radius 2 is 2.05 bits per heavy atom. The molecule has 1 aliphatic carbocycles. The molecule has 6 heteroatoms. The minimum atomic E-state index is 0.0724. The smallest absolute Gasteiger partial charge is 0.229 e. The van der Waals surface area contributed by atoms with Gasteiger partial charge in [0, 0.05) is 16.9 Å². The van der Waals surface area contributed by atoms with Crippen molar-refractivity contribution in [2.45, 2.75) is 12.8 Å². The summed E-state index contributed by atoms with van der Waals surface area (Å²) in [5.41, 5.74) is 1.74. The number of rotatable bonds is 5. The van der Waals surface area contributed by atoms with Crippen LogP contribution in [0.15, 0.2) is 23.6 Å². The average molecular weight is 304 g/mol. The first-order chi connectivity index (χ1) is 10.2. The van der Waals surface area contributed by atoms with Gasteiger partial charge in [0.15, 0.2) is 16.6 Å². The molecule has 5 nitrogen and oxygen atoms in total. The number of nitrogens with one attached hydrogen (secondary N) is 1. The molecule has 0 saturated heterocycles. The number of benzene rings is 1. The molecule has 21 heavy (non-hydrogen) atoms. The Kier molecular flexibility index (Phi) is 3.79. The fraction of sp³-hybridized carbons (Fsp3) is 0.333. The van der Waals surface area contributed by atoms with Crippen molar-refractivity contribution in [2.24, 2.45) is 5.92 Å². The molecule has 0 unspecified atom stereocenters. The number of aromatic nitrogens is 1. The lowest BCUT2D eigenvalue weighted by molar-refractivity contribution is -0.117. The number of ether oxygens (including phenoxy) is 2. The lowest BCUT2D eigenvalue weighted by atomic mass is 10.1. The van der Waals surface area contributed by atoms with Crippen LogP contribution < -0.4 is 14.8 Å². The van der Waals surface area contributed by atoms with Gasteiger partial charge in [-0.2, -0.15) is 0 Å². The summed E-state index contributed by atoms with van der Waals surface area (Å²) in [5.74, 6) is 1.59. The van der Waals surface area contributed by atoms with Crippen LogP contribution in [0, 0.1) is 5.92 Å². The molecule has 0 atom stereocenters. The second kappa shape index (κ2) is 5.73. The Balaban J connectivity index is 1.80. The molecular formula is C15H16N2O3S. The molecule has 1 saturated carbocycles. The highest BCUT2D eigenvalue weighted by Crippen LogP contribution is 2.34. The maximum Gasteiger partial charge on any atom is 0.229 e. The third kappa shape index (κ3) is 3.00. The zero-order chi connectivity index (χ0) is 14.8. The monoisotopic (exact) mass is 304 g/mol. The molecule has 0 spiro atoms. The maximum atomic E-state index is 11.7. The zero-order valence-electron chi connectivity index (χ0n) is 11.9. The molecule has 0 aliphatic heterocycles. The molecule has 1 N–H and O–H groups in total. The molecule has 1 amide bonds. The van der Waals surface area contributed by atoms with E-state index >= 15 is 0 Å². The van der Waals surface area contributed by atoms with E-state index in [1.54, 1.807) is 14.2 Å². The molecule has 3 rings (SSSR count). The van der Waals surface area contributed by atoms with Crippen LogP contribution >= 0.6 is 11.3 Å². The van der Waals surface area contributed by atoms with Crippen molar-refractivity contribution < 1.29 is 14.3 Å². The Hall–Kier alpha value is -2.08. The Morgan fingerprint density at radius 1 is 1.29 bits per heavy atom. The number of anilines is 1. The van der Waals surface area contributed by atoms with Crippen molar-refractivity contribution in [1.29, 1.82) is 0 Å². The molecular weight excluding hydrogens is 288 g/mol. The lowest BCUT2D eigenvalue weighted by Crippen LogP contribution is -2.12. The summed E-state index contributed by atoms with van der Waals surface area (Å²) >= 11 is 1.43. The second-order valence-electron chi connectivity index (χ2n) is 4.87. The Bertz CT molecular complexity index is 665. The summed E-state index contributed by atoms with van der Waals surface area (Å²) in [6.45, 7) is 0. The van der Waals surface area contributed by atoms with Crippen LogP contribution in [0.2, 0.25) is 0 Å². The van der Waals surface area contributed by atoms with E-state index in [1.165, 1.54) is 11.3 Å². The number of thiazole rings is 1. The van der Waals surface area contributed by atoms with E-state index in [9.17, 15) is 4.79 Å². The van der Waals surface area contributed by atoms with Gasteiger partial charge in [0.2, 0.25) is 5.91 Å². The van der Waals surface area contributed by atoms with Crippen LogP contribution in [0.3, 0.4) is 0 Å². The molecule has 1 aliphatic rings. The summed E-state index contributed by atoms with van der Waals surface area (Å²) in [6, 6.07) is 5.64. The largest absolute Gasteiger partial charge is 0.493 e. The van der Waals surface area contributed by atoms with Gasteiger partial charge in [-0.3, -0.25) is 4.79 Å². The third-order valence-electron chi connectivity index (χ3n) is 3.36. The van der Waals surface area contributed by atoms with E-state index in [0.717, 1.165) is 24.1 Å². The molecule has 110 valence electrons. The van der Waals surface area contributed by atoms with Crippen molar-refractivity contribution in [1.82, 2.24) is 4.98 Å². The van der Waals surface area contributed by atoms with Crippen LogP contribution in [0.5, 0.6) is 11.5 Å². The van der Waals surface area contributed by atoms with Gasteiger partial charge in [-0.15, -0.1) is 11.3 Å². The second-order valence-corrected chi connectivity index (χ2v) is 5.73. The number of hydrogen-bond acceptors (Lipinski definition) is 5. The number of amides is 1. The first kappa shape index (κ1) is 13.9. The number of carbonyl (C=O) groups is 1. The van der Waals surface area contributed by atoms with Crippen LogP contribution in [-0.2, 0) is 4.79 Å². The van der Waals surface area contributed by atoms with Gasteiger partial charge >= 0.3 is 0 Å². The van der Waals surface area contributed by atoms with E-state index in [2.05, 4.69) is 10.3 Å². The summed E-state index contributed by atoms with van der Waals surface area (Å²) in [7, 11) is 3.20. The van der Waals surface area contributed by atoms with Crippen LogP contribution in [-0.4, -0.2) is 25.1 Å². The third-order valence-corrected chi connectivity index (χ3v) is 4.12. The Morgan fingerprint density at radius 3 is 2.71 bits per heavy atom. The van der Waals surface area contributed by atoms with Crippen molar-refractivity contribution in [2.75, 3.05) is 19.5 Å². The number of methoxy groups -OCH3 is 2. The topological polar surface area (TPSA) is 60.5 Å². The van der Waals surface area contributed by atoms with Crippen molar-refractivity contribution in [3.63, 3.8) is 0 Å². The Labute approximate surface area is 126 Å². The van der Waals surface area contributed by atoms with Gasteiger partial charge in [-0.1, -0.05) is 0 Å². The molecule has 0 bridgehead atoms. The van der Waals surface area contributed by atoms with E-state index in [4.69, 9.17) is 9.47 Å². The number of hydrogen-bond donors (Lipinski definition) is 1. The lowest BCUT2D eigenvalue weighted by Gasteiger charge is -2.08. The summed E-state index contributed by atoms with van der Waals surface area (Å²) in [6.07, 6.45) is 1.97. The molecule has 1 aromatic heterocycles. The minimum absolute atomic E-state index is 0.0724. The van der Waals surface area contributed by atoms with Gasteiger partial charge in [0.25, 0.3) is 0 Å². The summed E-state index contributed by atoms with van der Waals surface area (Å²) in [5, 5.41) is 5.41. The van der Waals surface area contributed by atoms with Gasteiger partial charge in [0.05, 0.1) is 19.9 Å². The first-order valence-corrected chi connectivity index (χ1v) is 7.58. The molecule has 1 aromatic carbocycles. The highest BCUT2D eigenvalue weighted by atomic mass is 32.1. The maximum absolute atomic E-state index is 11.7. The van der Waals surface area contributed by atoms with Crippen molar-refractivity contribution in [3.05, 3.63) is 23.6 Å². The van der Waals surface area contributed by atoms with Gasteiger partial charge < -0.3 is 14.8 Å². The predicted molar refractivity (Wildman–Crippen MR) is 82.0 cm³/mol. The van der Waals surface area contributed by atoms with Gasteiger partial charge in [-0.25, -0.2) is 4.98 Å². The standard InChI is InChI=1S/C15H16N2O3S/c1-19-12-6-5-10(7-13(12)20-2)11-8-21-15(16-11)17-14(18)9-3-4-9/h5-9H,3-4H2,1-2H3,(H,16,17,18). The molecule has 2 aromatic rings. The quantitative estimate of drug-likeness (QED) is 0.921. The van der Waals surface area contributed by atoms with E-state index in [0.29, 0.717) is 16.6 Å². The highest BCUT2D eigenvalue weighted by Gasteiger charge is 2.30. The van der Waals surface area contributed by atoms with Crippen LogP contribution in [0.1, 0.15) is 12.8 Å². The highest BCUT2D eigenvalue weighted by molar-refractivity contribution is 7.14. The van der Waals surface area contributed by atoms with Gasteiger partial charge in [0.1, 0.15) is 0 Å². The molecule has 0 radical (unpaired) electrons. The fourth-order valence-electron chi connectivity index (χ4n) is 2.01. The number of carbonyl (C=O) groups excluding carboxylic acids is 1. The van der Waals surface area contributed by atoms with Crippen LogP contribution in [0.4, 0.5) is 5.13 Å². The summed E-state index contributed by atoms with van der Waals surface area (Å²) in [4.78, 5) is 16.2. The van der Waals surface area contributed by atoms with Gasteiger partial charge in [-0.05, 0) is 31.0 Å². The minimum Gasteiger partial charge on any atom is -0.493 e.